The lowest BCUT2D eigenvalue weighted by atomic mass is 9.95. The summed E-state index contributed by atoms with van der Waals surface area (Å²) in [4.78, 5) is 80.2. The summed E-state index contributed by atoms with van der Waals surface area (Å²) in [7, 11) is 0. The molecule has 4 rings (SSSR count). The number of carbonyl (C=O) groups excluding carboxylic acids is 6. The van der Waals surface area contributed by atoms with E-state index in [1.54, 1.807) is 56.3 Å². The van der Waals surface area contributed by atoms with Crippen molar-refractivity contribution in [1.82, 2.24) is 26.6 Å². The van der Waals surface area contributed by atoms with Gasteiger partial charge in [0, 0.05) is 25.5 Å². The molecule has 55 heavy (non-hydrogen) atoms. The van der Waals surface area contributed by atoms with Gasteiger partial charge in [-0.05, 0) is 85.5 Å². The standard InChI is InChI=1S/C39H47F2N7O7/c1-21-14-26(49)15-22(2)27(21)19-29(42)36(52)45-30-10-6-7-13-44-34(50)20-31(35(43)51)46-39(55)33(17-24-11-12-25(40)18-28(24)41)48-38(54)32(47-37(30)53)16-23-8-4-3-5-9-23/h3-5,8-9,11-12,14-15,18,29-33,49H,6-7,10,13,16-17,19-20,42H2,1-2H3,(H2,43,51)(H,44,50)(H,45,52)(H,46,55)(H,47,53)(H,48,54)/t29-,30+,31-,32-,33-/m0/s1. The number of hydrogen-bond acceptors (Lipinski definition) is 8. The smallest absolute Gasteiger partial charge is 0.243 e. The fourth-order valence-electron chi connectivity index (χ4n) is 6.33. The molecule has 294 valence electrons. The average Bonchev–Trinajstić information content (AvgIpc) is 3.12. The molecular formula is C39H47F2N7O7. The fourth-order valence-corrected chi connectivity index (χ4v) is 6.33. The third-order valence-electron chi connectivity index (χ3n) is 9.35. The summed E-state index contributed by atoms with van der Waals surface area (Å²) >= 11 is 0. The Hall–Kier alpha value is -5.90. The molecule has 1 aliphatic heterocycles. The van der Waals surface area contributed by atoms with Crippen LogP contribution in [0.3, 0.4) is 0 Å². The molecule has 3 aromatic rings. The van der Waals surface area contributed by atoms with E-state index >= 15 is 0 Å². The fraction of sp³-hybridized carbons (Fsp3) is 0.385. The van der Waals surface area contributed by atoms with E-state index in [0.717, 1.165) is 28.8 Å². The summed E-state index contributed by atoms with van der Waals surface area (Å²) in [5.41, 5.74) is 14.5. The Bertz CT molecular complexity index is 1870. The lowest BCUT2D eigenvalue weighted by Gasteiger charge is -2.27. The first-order valence-electron chi connectivity index (χ1n) is 17.9. The van der Waals surface area contributed by atoms with Crippen molar-refractivity contribution in [2.24, 2.45) is 11.5 Å². The Balaban J connectivity index is 1.66. The topological polar surface area (TPSA) is 235 Å². The van der Waals surface area contributed by atoms with Crippen LogP contribution in [0.25, 0.3) is 0 Å². The van der Waals surface area contributed by atoms with Crippen LogP contribution >= 0.6 is 0 Å². The predicted octanol–water partition coefficient (Wildman–Crippen LogP) is 0.757. The molecule has 16 heteroatoms. The molecule has 3 aromatic carbocycles. The second kappa shape index (κ2) is 19.4. The van der Waals surface area contributed by atoms with Gasteiger partial charge in [0.15, 0.2) is 0 Å². The van der Waals surface area contributed by atoms with Crippen LogP contribution in [-0.2, 0) is 48.0 Å². The monoisotopic (exact) mass is 763 g/mol. The van der Waals surface area contributed by atoms with Crippen molar-refractivity contribution in [2.75, 3.05) is 6.54 Å². The van der Waals surface area contributed by atoms with Crippen LogP contribution in [0.5, 0.6) is 5.75 Å². The van der Waals surface area contributed by atoms with Crippen molar-refractivity contribution >= 4 is 35.4 Å². The number of primary amides is 1. The zero-order valence-corrected chi connectivity index (χ0v) is 30.6. The molecular weight excluding hydrogens is 716 g/mol. The molecule has 14 nitrogen and oxygen atoms in total. The van der Waals surface area contributed by atoms with Crippen molar-refractivity contribution in [3.05, 3.63) is 100 Å². The van der Waals surface area contributed by atoms with Crippen molar-refractivity contribution in [3.8, 4) is 5.75 Å². The van der Waals surface area contributed by atoms with Gasteiger partial charge in [0.25, 0.3) is 0 Å². The van der Waals surface area contributed by atoms with Gasteiger partial charge < -0.3 is 43.2 Å². The van der Waals surface area contributed by atoms with E-state index in [9.17, 15) is 42.7 Å². The third-order valence-corrected chi connectivity index (χ3v) is 9.35. The van der Waals surface area contributed by atoms with Crippen LogP contribution in [-0.4, -0.2) is 77.3 Å². The van der Waals surface area contributed by atoms with E-state index < -0.39 is 90.1 Å². The Labute approximate surface area is 317 Å². The first kappa shape index (κ1) is 41.9. The van der Waals surface area contributed by atoms with Crippen LogP contribution in [0.15, 0.2) is 60.7 Å². The van der Waals surface area contributed by atoms with E-state index in [4.69, 9.17) is 11.5 Å². The van der Waals surface area contributed by atoms with Gasteiger partial charge in [-0.2, -0.15) is 0 Å². The minimum atomic E-state index is -1.59. The second-order valence-electron chi connectivity index (χ2n) is 13.7. The van der Waals surface area contributed by atoms with Gasteiger partial charge in [-0.3, -0.25) is 28.8 Å². The number of halogens is 2. The zero-order chi connectivity index (χ0) is 40.2. The summed E-state index contributed by atoms with van der Waals surface area (Å²) < 4.78 is 28.6. The molecule has 6 amide bonds. The number of nitrogens with two attached hydrogens (primary N) is 2. The molecule has 1 aliphatic rings. The molecule has 1 saturated heterocycles. The number of rotatable bonds is 9. The van der Waals surface area contributed by atoms with E-state index in [1.165, 1.54) is 0 Å². The normalized spacial score (nSPS) is 20.9. The summed E-state index contributed by atoms with van der Waals surface area (Å²) in [5.74, 6) is -6.73. The van der Waals surface area contributed by atoms with Gasteiger partial charge in [-0.1, -0.05) is 36.4 Å². The lowest BCUT2D eigenvalue weighted by Crippen LogP contribution is -2.59. The average molecular weight is 764 g/mol. The molecule has 0 unspecified atom stereocenters. The van der Waals surface area contributed by atoms with Crippen molar-refractivity contribution in [2.45, 2.75) is 89.0 Å². The summed E-state index contributed by atoms with van der Waals surface area (Å²) in [5, 5.41) is 22.9. The largest absolute Gasteiger partial charge is 0.508 e. The molecule has 0 spiro atoms. The second-order valence-corrected chi connectivity index (χ2v) is 13.7. The minimum absolute atomic E-state index is 0.0699. The van der Waals surface area contributed by atoms with Crippen LogP contribution in [0.1, 0.15) is 53.5 Å². The van der Waals surface area contributed by atoms with Crippen molar-refractivity contribution in [3.63, 3.8) is 0 Å². The maximum Gasteiger partial charge on any atom is 0.243 e. The third kappa shape index (κ3) is 12.3. The Morgan fingerprint density at radius 3 is 2.16 bits per heavy atom. The highest BCUT2D eigenvalue weighted by Gasteiger charge is 2.33. The summed E-state index contributed by atoms with van der Waals surface area (Å²) in [6, 6.07) is 7.70. The molecule has 10 N–H and O–H groups in total. The van der Waals surface area contributed by atoms with Crippen LogP contribution in [0.2, 0.25) is 0 Å². The number of phenols is 1. The highest BCUT2D eigenvalue weighted by atomic mass is 19.1. The Kier molecular flexibility index (Phi) is 14.8. The van der Waals surface area contributed by atoms with Crippen LogP contribution in [0.4, 0.5) is 8.78 Å². The van der Waals surface area contributed by atoms with Crippen molar-refractivity contribution in [1.29, 1.82) is 0 Å². The van der Waals surface area contributed by atoms with Gasteiger partial charge >= 0.3 is 0 Å². The SMILES string of the molecule is Cc1cc(O)cc(C)c1C[C@H](N)C(=O)N[C@@H]1CCCCNC(=O)C[C@@H](C(N)=O)NC(=O)[C@H](Cc2ccc(F)cc2F)NC(=O)[C@H](Cc2ccccc2)NC1=O. The Morgan fingerprint density at radius 2 is 1.51 bits per heavy atom. The number of benzene rings is 3. The number of aryl methyl sites for hydroxylation is 2. The number of amides is 6. The predicted molar refractivity (Wildman–Crippen MR) is 198 cm³/mol. The minimum Gasteiger partial charge on any atom is -0.508 e. The van der Waals surface area contributed by atoms with E-state index in [2.05, 4.69) is 26.6 Å². The first-order valence-corrected chi connectivity index (χ1v) is 17.9. The number of carbonyl (C=O) groups is 6. The van der Waals surface area contributed by atoms with E-state index in [0.29, 0.717) is 24.5 Å². The zero-order valence-electron chi connectivity index (χ0n) is 30.6. The quantitative estimate of drug-likeness (QED) is 0.155. The number of nitrogens with one attached hydrogen (secondary N) is 5. The highest BCUT2D eigenvalue weighted by Crippen LogP contribution is 2.22. The molecule has 0 aliphatic carbocycles. The van der Waals surface area contributed by atoms with Gasteiger partial charge in [0.2, 0.25) is 35.4 Å². The molecule has 5 atom stereocenters. The Morgan fingerprint density at radius 1 is 0.873 bits per heavy atom. The van der Waals surface area contributed by atoms with Gasteiger partial charge in [-0.25, -0.2) is 8.78 Å². The number of hydrogen-bond donors (Lipinski definition) is 8. The summed E-state index contributed by atoms with van der Waals surface area (Å²) in [6.07, 6.45) is -0.276. The summed E-state index contributed by atoms with van der Waals surface area (Å²) in [6.45, 7) is 3.67. The lowest BCUT2D eigenvalue weighted by molar-refractivity contribution is -0.135. The van der Waals surface area contributed by atoms with Crippen LogP contribution < -0.4 is 38.1 Å². The maximum atomic E-state index is 14.8. The van der Waals surface area contributed by atoms with Gasteiger partial charge in [0.1, 0.15) is 41.6 Å². The van der Waals surface area contributed by atoms with Crippen molar-refractivity contribution < 1.29 is 42.7 Å². The maximum absolute atomic E-state index is 14.8. The molecule has 0 saturated carbocycles. The molecule has 0 radical (unpaired) electrons. The molecule has 1 heterocycles. The molecule has 0 aromatic heterocycles. The van der Waals surface area contributed by atoms with E-state index in [-0.39, 0.29) is 37.1 Å². The van der Waals surface area contributed by atoms with Crippen LogP contribution in [0, 0.1) is 25.5 Å². The highest BCUT2D eigenvalue weighted by molar-refractivity contribution is 5.97. The molecule has 0 bridgehead atoms. The van der Waals surface area contributed by atoms with Gasteiger partial charge in [0.05, 0.1) is 12.5 Å². The number of phenolic OH excluding ortho intramolecular Hbond substituents is 1. The number of aromatic hydroxyl groups is 1. The molecule has 1 fully saturated rings. The van der Waals surface area contributed by atoms with E-state index in [1.807, 2.05) is 0 Å². The first-order chi connectivity index (χ1) is 26.1. The van der Waals surface area contributed by atoms with Gasteiger partial charge in [-0.15, -0.1) is 0 Å².